The highest BCUT2D eigenvalue weighted by atomic mass is 35.5. The van der Waals surface area contributed by atoms with Crippen molar-refractivity contribution >= 4 is 23.4 Å². The first-order valence-electron chi connectivity index (χ1n) is 6.43. The maximum Gasteiger partial charge on any atom is 0.127 e. The largest absolute Gasteiger partial charge is 0.457 e. The minimum atomic E-state index is 0.535. The van der Waals surface area contributed by atoms with Crippen LogP contribution >= 0.6 is 23.4 Å². The molecule has 0 aromatic heterocycles. The van der Waals surface area contributed by atoms with Crippen LogP contribution in [0.2, 0.25) is 0 Å². The van der Waals surface area contributed by atoms with Crippen LogP contribution in [-0.2, 0) is 5.88 Å². The van der Waals surface area contributed by atoms with Gasteiger partial charge in [-0.3, -0.25) is 0 Å². The smallest absolute Gasteiger partial charge is 0.127 e. The lowest BCUT2D eigenvalue weighted by Gasteiger charge is -2.07. The van der Waals surface area contributed by atoms with Gasteiger partial charge in [0, 0.05) is 16.0 Å². The molecular weight excluding hydrogens is 276 g/mol. The molecule has 19 heavy (non-hydrogen) atoms. The summed E-state index contributed by atoms with van der Waals surface area (Å²) in [5, 5.41) is 0.842. The third kappa shape index (κ3) is 3.68. The van der Waals surface area contributed by atoms with Gasteiger partial charge in [0.15, 0.2) is 0 Å². The zero-order chi connectivity index (χ0) is 13.1. The lowest BCUT2D eigenvalue weighted by molar-refractivity contribution is 0.482. The van der Waals surface area contributed by atoms with Crippen molar-refractivity contribution in [2.24, 2.45) is 0 Å². The van der Waals surface area contributed by atoms with Crippen molar-refractivity contribution in [1.29, 1.82) is 0 Å². The molecule has 3 heteroatoms. The Morgan fingerprint density at radius 1 is 0.947 bits per heavy atom. The van der Waals surface area contributed by atoms with Crippen LogP contribution in [0.5, 0.6) is 11.5 Å². The molecule has 0 N–H and O–H groups in total. The molecule has 1 saturated carbocycles. The van der Waals surface area contributed by atoms with Crippen molar-refractivity contribution in [2.45, 2.75) is 28.9 Å². The van der Waals surface area contributed by atoms with E-state index in [9.17, 15) is 0 Å². The van der Waals surface area contributed by atoms with E-state index in [4.69, 9.17) is 16.3 Å². The number of hydrogen-bond donors (Lipinski definition) is 0. The predicted octanol–water partition coefficient (Wildman–Crippen LogP) is 5.47. The monoisotopic (exact) mass is 290 g/mol. The Balaban J connectivity index is 1.64. The zero-order valence-corrected chi connectivity index (χ0v) is 12.1. The number of rotatable bonds is 5. The van der Waals surface area contributed by atoms with E-state index in [-0.39, 0.29) is 0 Å². The van der Waals surface area contributed by atoms with Crippen LogP contribution < -0.4 is 4.74 Å². The molecule has 0 unspecified atom stereocenters. The summed E-state index contributed by atoms with van der Waals surface area (Å²) in [5.41, 5.74) is 1.10. The first kappa shape index (κ1) is 12.9. The molecule has 98 valence electrons. The standard InChI is InChI=1S/C16H15ClOS/c17-11-12-1-3-13(4-2-12)18-14-5-7-15(8-6-14)19-16-9-10-16/h1-8,16H,9-11H2. The minimum Gasteiger partial charge on any atom is -0.457 e. The van der Waals surface area contributed by atoms with Crippen molar-refractivity contribution in [2.75, 3.05) is 0 Å². The highest BCUT2D eigenvalue weighted by Crippen LogP contribution is 2.39. The molecule has 2 aromatic rings. The Hall–Kier alpha value is -1.12. The lowest BCUT2D eigenvalue weighted by Crippen LogP contribution is -1.85. The van der Waals surface area contributed by atoms with Gasteiger partial charge < -0.3 is 4.74 Å². The fourth-order valence-electron chi connectivity index (χ4n) is 1.75. The van der Waals surface area contributed by atoms with Crippen LogP contribution in [0.15, 0.2) is 53.4 Å². The van der Waals surface area contributed by atoms with E-state index in [2.05, 4.69) is 12.1 Å². The average molecular weight is 291 g/mol. The molecule has 0 radical (unpaired) electrons. The normalized spacial score (nSPS) is 14.4. The summed E-state index contributed by atoms with van der Waals surface area (Å²) in [6.45, 7) is 0. The molecular formula is C16H15ClOS. The van der Waals surface area contributed by atoms with Crippen LogP contribution in [0, 0.1) is 0 Å². The molecule has 0 saturated heterocycles. The van der Waals surface area contributed by atoms with Gasteiger partial charge in [0.25, 0.3) is 0 Å². The van der Waals surface area contributed by atoms with Crippen LogP contribution in [0.3, 0.4) is 0 Å². The second-order valence-electron chi connectivity index (χ2n) is 4.67. The maximum atomic E-state index is 5.80. The number of ether oxygens (including phenoxy) is 1. The Bertz CT molecular complexity index is 532. The lowest BCUT2D eigenvalue weighted by atomic mass is 10.2. The molecule has 0 atom stereocenters. The first-order valence-corrected chi connectivity index (χ1v) is 7.84. The second kappa shape index (κ2) is 5.89. The quantitative estimate of drug-likeness (QED) is 0.675. The van der Waals surface area contributed by atoms with Crippen molar-refractivity contribution in [3.63, 3.8) is 0 Å². The van der Waals surface area contributed by atoms with Crippen molar-refractivity contribution in [1.82, 2.24) is 0 Å². The molecule has 3 rings (SSSR count). The number of thioether (sulfide) groups is 1. The van der Waals surface area contributed by atoms with Crippen molar-refractivity contribution in [3.05, 3.63) is 54.1 Å². The number of benzene rings is 2. The summed E-state index contributed by atoms with van der Waals surface area (Å²) in [6, 6.07) is 16.2. The van der Waals surface area contributed by atoms with Crippen LogP contribution in [0.4, 0.5) is 0 Å². The Morgan fingerprint density at radius 3 is 2.05 bits per heavy atom. The van der Waals surface area contributed by atoms with Gasteiger partial charge in [-0.15, -0.1) is 23.4 Å². The van der Waals surface area contributed by atoms with Crippen LogP contribution in [-0.4, -0.2) is 5.25 Å². The summed E-state index contributed by atoms with van der Waals surface area (Å²) < 4.78 is 5.80. The van der Waals surface area contributed by atoms with Crippen molar-refractivity contribution < 1.29 is 4.74 Å². The average Bonchev–Trinajstić information content (AvgIpc) is 3.26. The molecule has 2 aromatic carbocycles. The third-order valence-electron chi connectivity index (χ3n) is 2.96. The zero-order valence-electron chi connectivity index (χ0n) is 10.5. The Morgan fingerprint density at radius 2 is 1.53 bits per heavy atom. The van der Waals surface area contributed by atoms with E-state index in [1.54, 1.807) is 0 Å². The topological polar surface area (TPSA) is 9.23 Å². The van der Waals surface area contributed by atoms with E-state index in [0.717, 1.165) is 22.3 Å². The minimum absolute atomic E-state index is 0.535. The van der Waals surface area contributed by atoms with E-state index < -0.39 is 0 Å². The molecule has 0 heterocycles. The van der Waals surface area contributed by atoms with Gasteiger partial charge in [-0.1, -0.05) is 12.1 Å². The van der Waals surface area contributed by atoms with Gasteiger partial charge in [0.1, 0.15) is 11.5 Å². The van der Waals surface area contributed by atoms with E-state index in [1.807, 2.05) is 48.2 Å². The first-order chi connectivity index (χ1) is 9.33. The predicted molar refractivity (Wildman–Crippen MR) is 81.4 cm³/mol. The SMILES string of the molecule is ClCc1ccc(Oc2ccc(SC3CC3)cc2)cc1. The molecule has 0 bridgehead atoms. The van der Waals surface area contributed by atoms with Crippen LogP contribution in [0.1, 0.15) is 18.4 Å². The summed E-state index contributed by atoms with van der Waals surface area (Å²) >= 11 is 7.72. The molecule has 1 aliphatic rings. The van der Waals surface area contributed by atoms with E-state index in [0.29, 0.717) is 5.88 Å². The van der Waals surface area contributed by atoms with Crippen molar-refractivity contribution in [3.8, 4) is 11.5 Å². The van der Waals surface area contributed by atoms with Gasteiger partial charge in [-0.25, -0.2) is 0 Å². The highest BCUT2D eigenvalue weighted by molar-refractivity contribution is 8.00. The molecule has 0 amide bonds. The fourth-order valence-corrected chi connectivity index (χ4v) is 2.98. The molecule has 1 aliphatic carbocycles. The maximum absolute atomic E-state index is 5.80. The summed E-state index contributed by atoms with van der Waals surface area (Å²) in [7, 11) is 0. The van der Waals surface area contributed by atoms with Gasteiger partial charge in [0.2, 0.25) is 0 Å². The molecule has 1 nitrogen and oxygen atoms in total. The second-order valence-corrected chi connectivity index (χ2v) is 6.31. The highest BCUT2D eigenvalue weighted by Gasteiger charge is 2.22. The van der Waals surface area contributed by atoms with E-state index in [1.165, 1.54) is 17.7 Å². The Labute approximate surface area is 122 Å². The van der Waals surface area contributed by atoms with E-state index >= 15 is 0 Å². The summed E-state index contributed by atoms with van der Waals surface area (Å²) in [5.74, 6) is 2.25. The molecule has 0 spiro atoms. The fraction of sp³-hybridized carbons (Fsp3) is 0.250. The summed E-state index contributed by atoms with van der Waals surface area (Å²) in [6.07, 6.45) is 2.71. The summed E-state index contributed by atoms with van der Waals surface area (Å²) in [4.78, 5) is 1.33. The van der Waals surface area contributed by atoms with Gasteiger partial charge in [-0.05, 0) is 54.8 Å². The number of hydrogen-bond acceptors (Lipinski definition) is 2. The number of halogens is 1. The van der Waals surface area contributed by atoms with Crippen LogP contribution in [0.25, 0.3) is 0 Å². The third-order valence-corrected chi connectivity index (χ3v) is 4.62. The van der Waals surface area contributed by atoms with Gasteiger partial charge >= 0.3 is 0 Å². The molecule has 1 fully saturated rings. The Kier molecular flexibility index (Phi) is 4.00. The van der Waals surface area contributed by atoms with Gasteiger partial charge in [0.05, 0.1) is 0 Å². The molecule has 0 aliphatic heterocycles. The number of alkyl halides is 1. The van der Waals surface area contributed by atoms with Gasteiger partial charge in [-0.2, -0.15) is 0 Å².